The molecule has 2 aromatic carbocycles. The second-order valence-corrected chi connectivity index (χ2v) is 8.23. The zero-order valence-corrected chi connectivity index (χ0v) is 18.6. The maximum Gasteiger partial charge on any atom is 0.261 e. The molecule has 0 saturated carbocycles. The fourth-order valence-corrected chi connectivity index (χ4v) is 3.71. The molecule has 8 nitrogen and oxygen atoms in total. The van der Waals surface area contributed by atoms with Crippen molar-refractivity contribution in [2.24, 2.45) is 0 Å². The zero-order valence-electron chi connectivity index (χ0n) is 17.8. The SMILES string of the molecule is CCOc1ccc(S(=O)(=O)Nc2cc(OC)c(OC)cc2C(=O)N[C@@H](C)CC)cc1. The highest BCUT2D eigenvalue weighted by Gasteiger charge is 2.22. The van der Waals surface area contributed by atoms with Crippen molar-refractivity contribution in [3.8, 4) is 17.2 Å². The summed E-state index contributed by atoms with van der Waals surface area (Å²) in [4.78, 5) is 12.8. The summed E-state index contributed by atoms with van der Waals surface area (Å²) in [6.45, 7) is 6.12. The van der Waals surface area contributed by atoms with E-state index in [1.54, 1.807) is 12.1 Å². The van der Waals surface area contributed by atoms with Crippen molar-refractivity contribution in [1.29, 1.82) is 0 Å². The van der Waals surface area contributed by atoms with Crippen molar-refractivity contribution in [3.05, 3.63) is 42.0 Å². The Hall–Kier alpha value is -2.94. The molecule has 9 heteroatoms. The first-order valence-electron chi connectivity index (χ1n) is 9.58. The summed E-state index contributed by atoms with van der Waals surface area (Å²) in [6, 6.07) is 8.82. The summed E-state index contributed by atoms with van der Waals surface area (Å²) >= 11 is 0. The predicted octanol–water partition coefficient (Wildman–Crippen LogP) is 3.43. The summed E-state index contributed by atoms with van der Waals surface area (Å²) in [5.74, 6) is 0.753. The van der Waals surface area contributed by atoms with E-state index in [4.69, 9.17) is 14.2 Å². The average Bonchev–Trinajstić information content (AvgIpc) is 2.73. The van der Waals surface area contributed by atoms with Gasteiger partial charge in [-0.1, -0.05) is 6.92 Å². The van der Waals surface area contributed by atoms with Gasteiger partial charge in [0.2, 0.25) is 0 Å². The van der Waals surface area contributed by atoms with Crippen molar-refractivity contribution in [2.75, 3.05) is 25.5 Å². The van der Waals surface area contributed by atoms with Crippen molar-refractivity contribution >= 4 is 21.6 Å². The number of rotatable bonds is 10. The van der Waals surface area contributed by atoms with Crippen LogP contribution in [0.4, 0.5) is 5.69 Å². The first kappa shape index (κ1) is 23.3. The van der Waals surface area contributed by atoms with Gasteiger partial charge in [-0.2, -0.15) is 0 Å². The van der Waals surface area contributed by atoms with Crippen molar-refractivity contribution < 1.29 is 27.4 Å². The number of ether oxygens (including phenoxy) is 3. The highest BCUT2D eigenvalue weighted by molar-refractivity contribution is 7.92. The number of benzene rings is 2. The van der Waals surface area contributed by atoms with Gasteiger partial charge < -0.3 is 19.5 Å². The summed E-state index contributed by atoms with van der Waals surface area (Å²) in [7, 11) is -1.09. The molecule has 0 bridgehead atoms. The molecule has 0 heterocycles. The second kappa shape index (κ2) is 10.2. The van der Waals surface area contributed by atoms with E-state index in [1.807, 2.05) is 20.8 Å². The molecule has 1 atom stereocenters. The van der Waals surface area contributed by atoms with Gasteiger partial charge >= 0.3 is 0 Å². The molecule has 0 unspecified atom stereocenters. The van der Waals surface area contributed by atoms with Crippen LogP contribution in [0.5, 0.6) is 17.2 Å². The topological polar surface area (TPSA) is 103 Å². The molecule has 2 rings (SSSR count). The molecule has 2 N–H and O–H groups in total. The van der Waals surface area contributed by atoms with Crippen LogP contribution in [0.3, 0.4) is 0 Å². The number of sulfonamides is 1. The lowest BCUT2D eigenvalue weighted by molar-refractivity contribution is 0.0940. The number of carbonyl (C=O) groups excluding carboxylic acids is 1. The molecule has 1 amide bonds. The number of carbonyl (C=O) groups is 1. The molecule has 0 aliphatic carbocycles. The van der Waals surface area contributed by atoms with Crippen LogP contribution in [-0.4, -0.2) is 41.2 Å². The minimum atomic E-state index is -3.96. The fourth-order valence-electron chi connectivity index (χ4n) is 2.64. The van der Waals surface area contributed by atoms with Crippen LogP contribution < -0.4 is 24.2 Å². The third-order valence-corrected chi connectivity index (χ3v) is 5.83. The Morgan fingerprint density at radius 3 is 2.17 bits per heavy atom. The number of anilines is 1. The van der Waals surface area contributed by atoms with Crippen LogP contribution in [0.25, 0.3) is 0 Å². The van der Waals surface area contributed by atoms with Gasteiger partial charge in [0.15, 0.2) is 11.5 Å². The lowest BCUT2D eigenvalue weighted by atomic mass is 10.1. The maximum absolute atomic E-state index is 12.9. The Morgan fingerprint density at radius 2 is 1.63 bits per heavy atom. The largest absolute Gasteiger partial charge is 0.494 e. The molecular formula is C21H28N2O6S. The third kappa shape index (κ3) is 5.56. The summed E-state index contributed by atoms with van der Waals surface area (Å²) in [6.07, 6.45) is 0.728. The highest BCUT2D eigenvalue weighted by atomic mass is 32.2. The number of nitrogens with one attached hydrogen (secondary N) is 2. The molecule has 0 spiro atoms. The van der Waals surface area contributed by atoms with Gasteiger partial charge in [-0.15, -0.1) is 0 Å². The van der Waals surface area contributed by atoms with E-state index in [1.165, 1.54) is 38.5 Å². The standard InChI is InChI=1S/C21H28N2O6S/c1-6-14(3)22-21(24)17-12-19(27-4)20(28-5)13-18(17)23-30(25,26)16-10-8-15(9-11-16)29-7-2/h8-14,23H,6-7H2,1-5H3,(H,22,24)/t14-/m0/s1. The Balaban J connectivity index is 2.46. The molecule has 0 aromatic heterocycles. The lowest BCUT2D eigenvalue weighted by Gasteiger charge is -2.18. The Labute approximate surface area is 177 Å². The van der Waals surface area contributed by atoms with E-state index < -0.39 is 15.9 Å². The molecule has 2 aromatic rings. The first-order valence-corrected chi connectivity index (χ1v) is 11.1. The van der Waals surface area contributed by atoms with E-state index in [2.05, 4.69) is 10.0 Å². The molecule has 0 aliphatic heterocycles. The monoisotopic (exact) mass is 436 g/mol. The Morgan fingerprint density at radius 1 is 1.03 bits per heavy atom. The molecule has 0 saturated heterocycles. The average molecular weight is 437 g/mol. The molecular weight excluding hydrogens is 408 g/mol. The van der Waals surface area contributed by atoms with Crippen molar-refractivity contribution in [2.45, 2.75) is 38.1 Å². The van der Waals surface area contributed by atoms with Crippen LogP contribution >= 0.6 is 0 Å². The van der Waals surface area contributed by atoms with Gasteiger partial charge in [0.25, 0.3) is 15.9 Å². The van der Waals surface area contributed by atoms with Crippen LogP contribution in [0.1, 0.15) is 37.6 Å². The molecule has 0 radical (unpaired) electrons. The maximum atomic E-state index is 12.9. The molecule has 0 fully saturated rings. The van der Waals surface area contributed by atoms with E-state index in [9.17, 15) is 13.2 Å². The Bertz CT molecular complexity index is 974. The molecule has 30 heavy (non-hydrogen) atoms. The van der Waals surface area contributed by atoms with Crippen LogP contribution in [0.2, 0.25) is 0 Å². The fraction of sp³-hybridized carbons (Fsp3) is 0.381. The number of amides is 1. The van der Waals surface area contributed by atoms with Gasteiger partial charge in [0, 0.05) is 12.1 Å². The smallest absolute Gasteiger partial charge is 0.261 e. The van der Waals surface area contributed by atoms with Gasteiger partial charge in [0.05, 0.1) is 37.0 Å². The summed E-state index contributed by atoms with van der Waals surface area (Å²) in [5, 5.41) is 2.84. The van der Waals surface area contributed by atoms with E-state index in [0.717, 1.165) is 6.42 Å². The van der Waals surface area contributed by atoms with Gasteiger partial charge in [-0.25, -0.2) is 8.42 Å². The minimum Gasteiger partial charge on any atom is -0.494 e. The van der Waals surface area contributed by atoms with E-state index in [0.29, 0.717) is 23.9 Å². The van der Waals surface area contributed by atoms with E-state index >= 15 is 0 Å². The van der Waals surface area contributed by atoms with Crippen molar-refractivity contribution in [3.63, 3.8) is 0 Å². The zero-order chi connectivity index (χ0) is 22.3. The second-order valence-electron chi connectivity index (χ2n) is 6.55. The van der Waals surface area contributed by atoms with Gasteiger partial charge in [-0.3, -0.25) is 9.52 Å². The van der Waals surface area contributed by atoms with Crippen LogP contribution in [0.15, 0.2) is 41.3 Å². The van der Waals surface area contributed by atoms with Crippen LogP contribution in [0, 0.1) is 0 Å². The highest BCUT2D eigenvalue weighted by Crippen LogP contribution is 2.34. The predicted molar refractivity (Wildman–Crippen MR) is 115 cm³/mol. The number of hydrogen-bond donors (Lipinski definition) is 2. The van der Waals surface area contributed by atoms with Crippen LogP contribution in [-0.2, 0) is 10.0 Å². The van der Waals surface area contributed by atoms with Crippen molar-refractivity contribution in [1.82, 2.24) is 5.32 Å². The quantitative estimate of drug-likeness (QED) is 0.591. The molecule has 0 aliphatic rings. The van der Waals surface area contributed by atoms with Gasteiger partial charge in [0.1, 0.15) is 5.75 Å². The summed E-state index contributed by atoms with van der Waals surface area (Å²) < 4.78 is 44.2. The first-order chi connectivity index (χ1) is 14.2. The summed E-state index contributed by atoms with van der Waals surface area (Å²) in [5.41, 5.74) is 0.213. The minimum absolute atomic E-state index is 0.0361. The number of methoxy groups -OCH3 is 2. The van der Waals surface area contributed by atoms with Gasteiger partial charge in [-0.05, 0) is 50.6 Å². The third-order valence-electron chi connectivity index (χ3n) is 4.45. The molecule has 164 valence electrons. The number of hydrogen-bond acceptors (Lipinski definition) is 6. The normalized spacial score (nSPS) is 12.0. The van der Waals surface area contributed by atoms with E-state index in [-0.39, 0.29) is 22.2 Å². The lowest BCUT2D eigenvalue weighted by Crippen LogP contribution is -2.32. The Kier molecular flexibility index (Phi) is 7.93.